The van der Waals surface area contributed by atoms with Gasteiger partial charge >= 0.3 is 6.18 Å². The first kappa shape index (κ1) is 19.1. The molecule has 0 amide bonds. The summed E-state index contributed by atoms with van der Waals surface area (Å²) in [6, 6.07) is 8.72. The Hall–Kier alpha value is -2.63. The van der Waals surface area contributed by atoms with E-state index in [1.54, 1.807) is 12.1 Å². The molecule has 0 unspecified atom stereocenters. The molecule has 1 aliphatic carbocycles. The van der Waals surface area contributed by atoms with Crippen LogP contribution >= 0.6 is 0 Å². The topological polar surface area (TPSA) is 38.7 Å². The molecule has 3 nitrogen and oxygen atoms in total. The van der Waals surface area contributed by atoms with Gasteiger partial charge < -0.3 is 4.84 Å². The average Bonchev–Trinajstić information content (AvgIpc) is 2.80. The van der Waals surface area contributed by atoms with E-state index in [2.05, 4.69) is 5.16 Å². The number of carbonyl (C=O) groups excluding carboxylic acids is 1. The van der Waals surface area contributed by atoms with Crippen molar-refractivity contribution in [2.24, 2.45) is 5.16 Å². The fourth-order valence-corrected chi connectivity index (χ4v) is 4.11. The van der Waals surface area contributed by atoms with Crippen LogP contribution in [0.25, 0.3) is 0 Å². The molecule has 6 heteroatoms. The monoisotopic (exact) mass is 434 g/mol. The van der Waals surface area contributed by atoms with E-state index in [-0.39, 0.29) is 29.4 Å². The van der Waals surface area contributed by atoms with Gasteiger partial charge in [0.05, 0.1) is 11.3 Å². The summed E-state index contributed by atoms with van der Waals surface area (Å²) in [6.45, 7) is -1.08. The molecule has 0 saturated heterocycles. The van der Waals surface area contributed by atoms with Crippen LogP contribution in [0, 0.1) is 0 Å². The van der Waals surface area contributed by atoms with Gasteiger partial charge in [0.1, 0.15) is 12.9 Å². The van der Waals surface area contributed by atoms with Crippen molar-refractivity contribution in [2.45, 2.75) is 71.0 Å². The number of rotatable bonds is 7. The number of aldehydes is 1. The largest absolute Gasteiger partial charge is 0.416 e. The molecular weight excluding hydrogens is 403 g/mol. The maximum atomic E-state index is 13.8. The number of benzene rings is 2. The second kappa shape index (κ2) is 10.1. The lowest BCUT2D eigenvalue weighted by Crippen LogP contribution is -2.15. The lowest BCUT2D eigenvalue weighted by molar-refractivity contribution is -0.138. The zero-order valence-corrected chi connectivity index (χ0v) is 17.5. The van der Waals surface area contributed by atoms with Crippen LogP contribution in [0.2, 0.25) is 0 Å². The Labute approximate surface area is 185 Å². The lowest BCUT2D eigenvalue weighted by atomic mass is 9.81. The SMILES string of the molecule is [2H]C([2H])([2H])C(=NOCc1ccc(C2CCCCC2)c(C(F)(F)F)c1)c1ccc(C=O)c(CC)c1. The van der Waals surface area contributed by atoms with Crippen molar-refractivity contribution < 1.29 is 26.9 Å². The molecule has 1 saturated carbocycles. The number of oxime groups is 1. The van der Waals surface area contributed by atoms with Crippen molar-refractivity contribution in [1.82, 2.24) is 0 Å². The first-order chi connectivity index (χ1) is 16.0. The van der Waals surface area contributed by atoms with E-state index in [0.717, 1.165) is 38.2 Å². The maximum Gasteiger partial charge on any atom is 0.416 e. The third kappa shape index (κ3) is 5.75. The number of hydrogen-bond acceptors (Lipinski definition) is 3. The van der Waals surface area contributed by atoms with Gasteiger partial charge in [0, 0.05) is 9.68 Å². The van der Waals surface area contributed by atoms with E-state index in [0.29, 0.717) is 29.4 Å². The molecule has 166 valence electrons. The smallest absolute Gasteiger partial charge is 0.391 e. The summed E-state index contributed by atoms with van der Waals surface area (Å²) < 4.78 is 64.7. The number of alkyl halides is 3. The van der Waals surface area contributed by atoms with Crippen LogP contribution in [0.1, 0.15) is 94.1 Å². The molecule has 2 aromatic carbocycles. The normalized spacial score (nSPS) is 17.5. The molecular formula is C25H28F3NO2. The van der Waals surface area contributed by atoms with E-state index in [4.69, 9.17) is 8.95 Å². The molecule has 31 heavy (non-hydrogen) atoms. The van der Waals surface area contributed by atoms with E-state index < -0.39 is 18.6 Å². The van der Waals surface area contributed by atoms with Gasteiger partial charge in [-0.2, -0.15) is 13.2 Å². The van der Waals surface area contributed by atoms with Crippen molar-refractivity contribution in [3.63, 3.8) is 0 Å². The number of nitrogens with zero attached hydrogens (tertiary/aromatic N) is 1. The van der Waals surface area contributed by atoms with Crippen molar-refractivity contribution in [2.75, 3.05) is 0 Å². The molecule has 1 fully saturated rings. The second-order valence-corrected chi connectivity index (χ2v) is 7.85. The van der Waals surface area contributed by atoms with Crippen molar-refractivity contribution >= 4 is 12.0 Å². The fourth-order valence-electron chi connectivity index (χ4n) is 4.11. The van der Waals surface area contributed by atoms with Crippen molar-refractivity contribution in [1.29, 1.82) is 0 Å². The lowest BCUT2D eigenvalue weighted by Gasteiger charge is -2.25. The first-order valence-electron chi connectivity index (χ1n) is 12.0. The van der Waals surface area contributed by atoms with Gasteiger partial charge in [-0.3, -0.25) is 4.79 Å². The maximum absolute atomic E-state index is 13.8. The van der Waals surface area contributed by atoms with Gasteiger partial charge in [0.25, 0.3) is 0 Å². The highest BCUT2D eigenvalue weighted by atomic mass is 19.4. The molecule has 0 N–H and O–H groups in total. The molecule has 3 rings (SSSR count). The van der Waals surface area contributed by atoms with Crippen LogP contribution in [-0.4, -0.2) is 12.0 Å². The minimum atomic E-state index is -4.49. The Bertz CT molecular complexity index is 1040. The first-order valence-corrected chi connectivity index (χ1v) is 10.5. The zero-order valence-electron chi connectivity index (χ0n) is 20.5. The van der Waals surface area contributed by atoms with Crippen LogP contribution in [0.5, 0.6) is 0 Å². The van der Waals surface area contributed by atoms with E-state index in [1.807, 2.05) is 6.92 Å². The Kier molecular flexibility index (Phi) is 6.23. The highest BCUT2D eigenvalue weighted by Crippen LogP contribution is 2.41. The molecule has 1 aliphatic rings. The van der Waals surface area contributed by atoms with E-state index >= 15 is 0 Å². The Balaban J connectivity index is 1.86. The average molecular weight is 435 g/mol. The molecule has 0 atom stereocenters. The minimum absolute atomic E-state index is 0.109. The minimum Gasteiger partial charge on any atom is -0.391 e. The molecule has 0 heterocycles. The zero-order chi connectivity index (χ0) is 24.9. The summed E-state index contributed by atoms with van der Waals surface area (Å²) in [5, 5.41) is 3.78. The molecule has 0 aliphatic heterocycles. The van der Waals surface area contributed by atoms with Crippen LogP contribution in [0.4, 0.5) is 13.2 Å². The van der Waals surface area contributed by atoms with Crippen LogP contribution < -0.4 is 0 Å². The summed E-state index contributed by atoms with van der Waals surface area (Å²) in [4.78, 5) is 16.4. The second-order valence-electron chi connectivity index (χ2n) is 7.85. The van der Waals surface area contributed by atoms with Gasteiger partial charge in [0.2, 0.25) is 0 Å². The van der Waals surface area contributed by atoms with Gasteiger partial charge in [-0.05, 0) is 66.4 Å². The number of hydrogen-bond donors (Lipinski definition) is 0. The van der Waals surface area contributed by atoms with Crippen molar-refractivity contribution in [3.8, 4) is 0 Å². The summed E-state index contributed by atoms with van der Waals surface area (Å²) in [5.41, 5.74) is 0.960. The fraction of sp³-hybridized carbons (Fsp3) is 0.440. The summed E-state index contributed by atoms with van der Waals surface area (Å²) in [6.07, 6.45) is 1.10. The number of halogens is 3. The number of aryl methyl sites for hydroxylation is 1. The third-order valence-corrected chi connectivity index (χ3v) is 5.78. The van der Waals surface area contributed by atoms with Gasteiger partial charge in [0.15, 0.2) is 0 Å². The van der Waals surface area contributed by atoms with Crippen LogP contribution in [-0.2, 0) is 24.0 Å². The Morgan fingerprint density at radius 2 is 1.97 bits per heavy atom. The number of carbonyl (C=O) groups is 1. The van der Waals surface area contributed by atoms with E-state index in [9.17, 15) is 18.0 Å². The highest BCUT2D eigenvalue weighted by Gasteiger charge is 2.35. The van der Waals surface area contributed by atoms with Gasteiger partial charge in [-0.25, -0.2) is 0 Å². The Morgan fingerprint density at radius 3 is 2.61 bits per heavy atom. The van der Waals surface area contributed by atoms with Crippen LogP contribution in [0.3, 0.4) is 0 Å². The third-order valence-electron chi connectivity index (χ3n) is 5.78. The van der Waals surface area contributed by atoms with Crippen LogP contribution in [0.15, 0.2) is 41.6 Å². The predicted molar refractivity (Wildman–Crippen MR) is 115 cm³/mol. The molecule has 0 radical (unpaired) electrons. The molecule has 0 bridgehead atoms. The molecule has 0 aromatic heterocycles. The quantitative estimate of drug-likeness (QED) is 0.266. The Morgan fingerprint density at radius 1 is 1.19 bits per heavy atom. The van der Waals surface area contributed by atoms with Gasteiger partial charge in [-0.1, -0.05) is 55.6 Å². The summed E-state index contributed by atoms with van der Waals surface area (Å²) >= 11 is 0. The van der Waals surface area contributed by atoms with Gasteiger partial charge in [-0.15, -0.1) is 0 Å². The molecule has 0 spiro atoms. The summed E-state index contributed by atoms with van der Waals surface area (Å²) in [7, 11) is 0. The standard InChI is InChI=1S/C25H28F3NO2/c1-3-19-14-21(10-11-22(19)15-30)17(2)29-31-16-18-9-12-23(20-7-5-4-6-8-20)24(13-18)25(26,27)28/h9-15,20H,3-8,16H2,1-2H3/i2D3. The highest BCUT2D eigenvalue weighted by molar-refractivity contribution is 5.99. The summed E-state index contributed by atoms with van der Waals surface area (Å²) in [5.74, 6) is -0.109. The van der Waals surface area contributed by atoms with Crippen molar-refractivity contribution in [3.05, 3.63) is 69.8 Å². The van der Waals surface area contributed by atoms with E-state index in [1.165, 1.54) is 18.2 Å². The predicted octanol–water partition coefficient (Wildman–Crippen LogP) is 7.07. The molecule has 2 aromatic rings.